The van der Waals surface area contributed by atoms with Crippen LogP contribution in [0, 0.1) is 6.92 Å². The number of rotatable bonds is 3. The molecule has 1 aromatic rings. The summed E-state index contributed by atoms with van der Waals surface area (Å²) in [4.78, 5) is 2.20. The van der Waals surface area contributed by atoms with Gasteiger partial charge < -0.3 is 5.43 Å². The molecule has 0 bridgehead atoms. The number of sulfonamides is 1. The Labute approximate surface area is 78.0 Å². The Morgan fingerprint density at radius 2 is 1.85 bits per heavy atom. The van der Waals surface area contributed by atoms with Crippen molar-refractivity contribution in [2.75, 3.05) is 11.7 Å². The van der Waals surface area contributed by atoms with Gasteiger partial charge in [0.1, 0.15) is 0 Å². The van der Waals surface area contributed by atoms with Gasteiger partial charge in [0.2, 0.25) is 10.0 Å². The second kappa shape index (κ2) is 3.76. The standard InChI is InChI=1S/C8H12N2O2S/c1-7-5-3-4-6-8(7)9-10-13(2,11)12/h3-6,9-10H,1-2H3. The van der Waals surface area contributed by atoms with Crippen molar-refractivity contribution in [1.82, 2.24) is 4.83 Å². The summed E-state index contributed by atoms with van der Waals surface area (Å²) in [6.07, 6.45) is 1.10. The van der Waals surface area contributed by atoms with Crippen LogP contribution in [0.1, 0.15) is 5.56 Å². The maximum Gasteiger partial charge on any atom is 0.225 e. The molecule has 0 aromatic heterocycles. The SMILES string of the molecule is Cc1ccccc1NNS(C)(=O)=O. The van der Waals surface area contributed by atoms with Crippen molar-refractivity contribution < 1.29 is 8.42 Å². The van der Waals surface area contributed by atoms with Gasteiger partial charge >= 0.3 is 0 Å². The minimum Gasteiger partial charge on any atom is -0.308 e. The zero-order valence-electron chi connectivity index (χ0n) is 7.53. The third-order valence-electron chi connectivity index (χ3n) is 1.52. The fraction of sp³-hybridized carbons (Fsp3) is 0.250. The summed E-state index contributed by atoms with van der Waals surface area (Å²) in [5, 5.41) is 0. The second-order valence-corrected chi connectivity index (χ2v) is 4.56. The second-order valence-electron chi connectivity index (χ2n) is 2.81. The first-order valence-corrected chi connectivity index (χ1v) is 5.66. The van der Waals surface area contributed by atoms with Gasteiger partial charge in [0.25, 0.3) is 0 Å². The molecule has 0 heterocycles. The van der Waals surface area contributed by atoms with E-state index in [1.807, 2.05) is 25.1 Å². The van der Waals surface area contributed by atoms with Crippen LogP contribution in [0.25, 0.3) is 0 Å². The molecule has 0 atom stereocenters. The lowest BCUT2D eigenvalue weighted by Gasteiger charge is -2.08. The molecule has 0 saturated carbocycles. The smallest absolute Gasteiger partial charge is 0.225 e. The summed E-state index contributed by atoms with van der Waals surface area (Å²) in [6, 6.07) is 7.42. The molecular formula is C8H12N2O2S. The van der Waals surface area contributed by atoms with E-state index < -0.39 is 10.0 Å². The summed E-state index contributed by atoms with van der Waals surface area (Å²) >= 11 is 0. The molecule has 72 valence electrons. The first-order chi connectivity index (χ1) is 5.99. The van der Waals surface area contributed by atoms with Gasteiger partial charge in [-0.1, -0.05) is 18.2 Å². The van der Waals surface area contributed by atoms with Crippen LogP contribution in [0.2, 0.25) is 0 Å². The number of anilines is 1. The highest BCUT2D eigenvalue weighted by Gasteiger charge is 2.00. The maximum absolute atomic E-state index is 10.7. The topological polar surface area (TPSA) is 58.2 Å². The van der Waals surface area contributed by atoms with Crippen molar-refractivity contribution in [1.29, 1.82) is 0 Å². The number of nitrogens with one attached hydrogen (secondary N) is 2. The number of para-hydroxylation sites is 1. The predicted octanol–water partition coefficient (Wildman–Crippen LogP) is 0.871. The molecule has 0 aliphatic rings. The number of hydrogen-bond donors (Lipinski definition) is 2. The molecule has 2 N–H and O–H groups in total. The van der Waals surface area contributed by atoms with E-state index in [2.05, 4.69) is 10.3 Å². The summed E-state index contributed by atoms with van der Waals surface area (Å²) in [5.41, 5.74) is 4.36. The summed E-state index contributed by atoms with van der Waals surface area (Å²) < 4.78 is 21.5. The summed E-state index contributed by atoms with van der Waals surface area (Å²) in [7, 11) is -3.20. The van der Waals surface area contributed by atoms with Gasteiger partial charge in [-0.25, -0.2) is 8.42 Å². The van der Waals surface area contributed by atoms with Crippen LogP contribution in [0.5, 0.6) is 0 Å². The Morgan fingerprint density at radius 3 is 2.38 bits per heavy atom. The number of benzene rings is 1. The fourth-order valence-corrected chi connectivity index (χ4v) is 1.16. The van der Waals surface area contributed by atoms with E-state index in [0.29, 0.717) is 0 Å². The van der Waals surface area contributed by atoms with E-state index >= 15 is 0 Å². The van der Waals surface area contributed by atoms with Gasteiger partial charge in [0.15, 0.2) is 0 Å². The summed E-state index contributed by atoms with van der Waals surface area (Å²) in [6.45, 7) is 1.90. The number of aryl methyl sites for hydroxylation is 1. The van der Waals surface area contributed by atoms with Gasteiger partial charge in [-0.05, 0) is 18.6 Å². The Hall–Kier alpha value is -1.07. The van der Waals surface area contributed by atoms with E-state index in [-0.39, 0.29) is 0 Å². The number of hydrazine groups is 1. The van der Waals surface area contributed by atoms with E-state index in [9.17, 15) is 8.42 Å². The molecule has 13 heavy (non-hydrogen) atoms. The predicted molar refractivity (Wildman–Crippen MR) is 52.8 cm³/mol. The van der Waals surface area contributed by atoms with Crippen LogP contribution >= 0.6 is 0 Å². The molecule has 5 heteroatoms. The molecule has 0 aliphatic heterocycles. The van der Waals surface area contributed by atoms with Crippen LogP contribution < -0.4 is 10.3 Å². The van der Waals surface area contributed by atoms with Crippen LogP contribution in [0.4, 0.5) is 5.69 Å². The first kappa shape index (κ1) is 10.0. The van der Waals surface area contributed by atoms with Crippen molar-refractivity contribution in [2.45, 2.75) is 6.92 Å². The zero-order valence-corrected chi connectivity index (χ0v) is 8.35. The fourth-order valence-electron chi connectivity index (χ4n) is 0.861. The lowest BCUT2D eigenvalue weighted by Crippen LogP contribution is -2.28. The third kappa shape index (κ3) is 3.43. The Kier molecular flexibility index (Phi) is 2.90. The van der Waals surface area contributed by atoms with Crippen LogP contribution in [-0.4, -0.2) is 14.7 Å². The van der Waals surface area contributed by atoms with Crippen molar-refractivity contribution in [3.8, 4) is 0 Å². The Morgan fingerprint density at radius 1 is 1.23 bits per heavy atom. The minimum absolute atomic E-state index is 0.757. The zero-order chi connectivity index (χ0) is 9.90. The van der Waals surface area contributed by atoms with Crippen LogP contribution in [0.15, 0.2) is 24.3 Å². The average Bonchev–Trinajstić information content (AvgIpc) is 2.01. The molecule has 0 fully saturated rings. The van der Waals surface area contributed by atoms with Crippen molar-refractivity contribution >= 4 is 15.7 Å². The molecule has 0 aliphatic carbocycles. The largest absolute Gasteiger partial charge is 0.308 e. The first-order valence-electron chi connectivity index (χ1n) is 3.77. The van der Waals surface area contributed by atoms with Gasteiger partial charge in [-0.2, -0.15) is 0 Å². The highest BCUT2D eigenvalue weighted by Crippen LogP contribution is 2.11. The maximum atomic E-state index is 10.7. The van der Waals surface area contributed by atoms with Crippen molar-refractivity contribution in [2.24, 2.45) is 0 Å². The Bertz CT molecular complexity index is 387. The lowest BCUT2D eigenvalue weighted by atomic mass is 10.2. The van der Waals surface area contributed by atoms with Gasteiger partial charge in [0, 0.05) is 0 Å². The molecule has 4 nitrogen and oxygen atoms in total. The van der Waals surface area contributed by atoms with Crippen LogP contribution in [0.3, 0.4) is 0 Å². The lowest BCUT2D eigenvalue weighted by molar-refractivity contribution is 0.594. The quantitative estimate of drug-likeness (QED) is 0.712. The van der Waals surface area contributed by atoms with Gasteiger partial charge in [0.05, 0.1) is 11.9 Å². The van der Waals surface area contributed by atoms with Gasteiger partial charge in [-0.15, -0.1) is 4.83 Å². The normalized spacial score (nSPS) is 11.2. The molecule has 0 amide bonds. The van der Waals surface area contributed by atoms with E-state index in [4.69, 9.17) is 0 Å². The molecule has 0 unspecified atom stereocenters. The van der Waals surface area contributed by atoms with Crippen molar-refractivity contribution in [3.05, 3.63) is 29.8 Å². The van der Waals surface area contributed by atoms with Gasteiger partial charge in [-0.3, -0.25) is 0 Å². The minimum atomic E-state index is -3.20. The van der Waals surface area contributed by atoms with E-state index in [1.54, 1.807) is 6.07 Å². The summed E-state index contributed by atoms with van der Waals surface area (Å²) in [5.74, 6) is 0. The van der Waals surface area contributed by atoms with E-state index in [0.717, 1.165) is 17.5 Å². The van der Waals surface area contributed by atoms with Crippen molar-refractivity contribution in [3.63, 3.8) is 0 Å². The molecular weight excluding hydrogens is 188 g/mol. The number of hydrogen-bond acceptors (Lipinski definition) is 3. The molecule has 0 saturated heterocycles. The van der Waals surface area contributed by atoms with E-state index in [1.165, 1.54) is 0 Å². The molecule has 1 aromatic carbocycles. The average molecular weight is 200 g/mol. The monoisotopic (exact) mass is 200 g/mol. The van der Waals surface area contributed by atoms with Crippen LogP contribution in [-0.2, 0) is 10.0 Å². The highest BCUT2D eigenvalue weighted by atomic mass is 32.2. The molecule has 1 rings (SSSR count). The third-order valence-corrected chi connectivity index (χ3v) is 1.99. The molecule has 0 radical (unpaired) electrons. The highest BCUT2D eigenvalue weighted by molar-refractivity contribution is 7.88. The Balaban J connectivity index is 2.71. The molecule has 0 spiro atoms.